The molecule has 1 unspecified atom stereocenters. The predicted octanol–water partition coefficient (Wildman–Crippen LogP) is 4.19. The average molecular weight is 424 g/mol. The number of amides is 1. The highest BCUT2D eigenvalue weighted by molar-refractivity contribution is 8.15. The lowest BCUT2D eigenvalue weighted by Gasteiger charge is -2.30. The fourth-order valence-corrected chi connectivity index (χ4v) is 3.62. The van der Waals surface area contributed by atoms with E-state index in [-0.39, 0.29) is 23.8 Å². The Labute approximate surface area is 168 Å². The molecule has 3 rings (SSSR count). The first-order chi connectivity index (χ1) is 13.7. The summed E-state index contributed by atoms with van der Waals surface area (Å²) in [4.78, 5) is 29.6. The van der Waals surface area contributed by atoms with Gasteiger partial charge in [0.1, 0.15) is 11.0 Å². The van der Waals surface area contributed by atoms with Crippen LogP contribution in [-0.4, -0.2) is 38.7 Å². The Morgan fingerprint density at radius 3 is 2.41 bits per heavy atom. The maximum Gasteiger partial charge on any atom is 0.573 e. The van der Waals surface area contributed by atoms with Crippen LogP contribution in [0, 0.1) is 0 Å². The normalized spacial score (nSPS) is 18.7. The van der Waals surface area contributed by atoms with Gasteiger partial charge in [-0.15, -0.1) is 13.2 Å². The molecule has 1 N–H and O–H groups in total. The average Bonchev–Trinajstić information content (AvgIpc) is 2.65. The smallest absolute Gasteiger partial charge is 0.480 e. The van der Waals surface area contributed by atoms with Gasteiger partial charge in [0.25, 0.3) is 0 Å². The maximum atomic E-state index is 12.5. The molecule has 1 fully saturated rings. The number of hydrogen-bond donors (Lipinski definition) is 1. The Hall–Kier alpha value is -3.01. The molecule has 1 amide bonds. The molecule has 0 aromatic heterocycles. The summed E-state index contributed by atoms with van der Waals surface area (Å²) in [6, 6.07) is 13.9. The second kappa shape index (κ2) is 8.56. The van der Waals surface area contributed by atoms with Crippen LogP contribution >= 0.6 is 11.8 Å². The van der Waals surface area contributed by atoms with Crippen LogP contribution in [0.2, 0.25) is 0 Å². The van der Waals surface area contributed by atoms with E-state index in [0.29, 0.717) is 0 Å². The summed E-state index contributed by atoms with van der Waals surface area (Å²) >= 11 is 0.924. The number of amidine groups is 1. The molecule has 1 heterocycles. The van der Waals surface area contributed by atoms with Crippen LogP contribution in [0.25, 0.3) is 0 Å². The molecule has 0 aliphatic carbocycles. The minimum atomic E-state index is -4.81. The fourth-order valence-electron chi connectivity index (χ4n) is 2.59. The molecule has 0 bridgehead atoms. The van der Waals surface area contributed by atoms with E-state index in [9.17, 15) is 27.9 Å². The maximum absolute atomic E-state index is 12.5. The van der Waals surface area contributed by atoms with Crippen LogP contribution in [0.15, 0.2) is 59.6 Å². The third-order valence-electron chi connectivity index (χ3n) is 3.89. The number of halogens is 3. The Kier molecular flexibility index (Phi) is 6.12. The van der Waals surface area contributed by atoms with E-state index in [0.717, 1.165) is 29.5 Å². The van der Waals surface area contributed by atoms with E-state index in [1.807, 2.05) is 30.3 Å². The number of carbonyl (C=O) groups is 2. The van der Waals surface area contributed by atoms with Crippen LogP contribution in [0.1, 0.15) is 12.0 Å². The lowest BCUT2D eigenvalue weighted by atomic mass is 10.2. The fraction of sp³-hybridized carbons (Fsp3) is 0.211. The molecular weight excluding hydrogens is 409 g/mol. The van der Waals surface area contributed by atoms with Crippen molar-refractivity contribution in [2.24, 2.45) is 4.99 Å². The quantitative estimate of drug-likeness (QED) is 0.779. The Morgan fingerprint density at radius 1 is 1.17 bits per heavy atom. The number of thioether (sulfide) groups is 1. The summed E-state index contributed by atoms with van der Waals surface area (Å²) in [6.07, 6.45) is -4.98. The third kappa shape index (κ3) is 5.74. The second-order valence-corrected chi connectivity index (χ2v) is 7.22. The highest BCUT2D eigenvalue weighted by Gasteiger charge is 2.36. The van der Waals surface area contributed by atoms with Gasteiger partial charge in [0.05, 0.1) is 18.7 Å². The molecule has 10 heteroatoms. The zero-order valence-electron chi connectivity index (χ0n) is 14.8. The number of ether oxygens (including phenoxy) is 1. The standard InChI is InChI=1S/C19H15F3N2O4S/c20-19(21,22)28-14-8-6-13(7-9-14)23-18-24(11-12-4-2-1-3-5-12)16(25)10-15(29-18)17(26)27/h1-9,15H,10-11H2,(H,26,27). The molecule has 2 aromatic carbocycles. The molecule has 0 saturated carbocycles. The topological polar surface area (TPSA) is 79.2 Å². The molecule has 29 heavy (non-hydrogen) atoms. The first-order valence-corrected chi connectivity index (χ1v) is 9.27. The van der Waals surface area contributed by atoms with Crippen molar-refractivity contribution in [3.05, 3.63) is 60.2 Å². The van der Waals surface area contributed by atoms with Crippen LogP contribution in [-0.2, 0) is 16.1 Å². The molecule has 0 spiro atoms. The number of aliphatic carboxylic acids is 1. The number of hydrogen-bond acceptors (Lipinski definition) is 5. The molecule has 6 nitrogen and oxygen atoms in total. The first kappa shape index (κ1) is 20.7. The number of nitrogens with zero attached hydrogens (tertiary/aromatic N) is 2. The highest BCUT2D eigenvalue weighted by Crippen LogP contribution is 2.31. The van der Waals surface area contributed by atoms with Crippen LogP contribution < -0.4 is 4.74 Å². The monoisotopic (exact) mass is 424 g/mol. The van der Waals surface area contributed by atoms with E-state index in [4.69, 9.17) is 0 Å². The van der Waals surface area contributed by atoms with E-state index < -0.39 is 29.2 Å². The molecule has 152 valence electrons. The van der Waals surface area contributed by atoms with Gasteiger partial charge in [-0.1, -0.05) is 42.1 Å². The molecular formula is C19H15F3N2O4S. The summed E-state index contributed by atoms with van der Waals surface area (Å²) in [7, 11) is 0. The van der Waals surface area contributed by atoms with Crippen LogP contribution in [0.3, 0.4) is 0 Å². The number of carboxylic acid groups (broad SMARTS) is 1. The molecule has 1 aliphatic rings. The van der Waals surface area contributed by atoms with E-state index in [1.54, 1.807) is 0 Å². The van der Waals surface area contributed by atoms with Crippen molar-refractivity contribution in [2.75, 3.05) is 0 Å². The van der Waals surface area contributed by atoms with Crippen molar-refractivity contribution >= 4 is 34.5 Å². The van der Waals surface area contributed by atoms with E-state index in [1.165, 1.54) is 17.0 Å². The van der Waals surface area contributed by atoms with Crippen molar-refractivity contribution in [3.8, 4) is 5.75 Å². The summed E-state index contributed by atoms with van der Waals surface area (Å²) in [6.45, 7) is 0.202. The van der Waals surface area contributed by atoms with Gasteiger partial charge >= 0.3 is 12.3 Å². The summed E-state index contributed by atoms with van der Waals surface area (Å²) < 4.78 is 40.7. The molecule has 0 radical (unpaired) electrons. The number of carboxylic acids is 1. The lowest BCUT2D eigenvalue weighted by molar-refractivity contribution is -0.274. The van der Waals surface area contributed by atoms with Crippen molar-refractivity contribution in [1.82, 2.24) is 4.90 Å². The zero-order valence-corrected chi connectivity index (χ0v) is 15.6. The number of aliphatic imine (C=N–C) groups is 1. The minimum Gasteiger partial charge on any atom is -0.480 e. The van der Waals surface area contributed by atoms with Gasteiger partial charge in [0.2, 0.25) is 5.91 Å². The molecule has 1 aliphatic heterocycles. The Bertz CT molecular complexity index is 917. The van der Waals surface area contributed by atoms with Gasteiger partial charge in [0, 0.05) is 0 Å². The number of alkyl halides is 3. The predicted molar refractivity (Wildman–Crippen MR) is 101 cm³/mol. The van der Waals surface area contributed by atoms with Gasteiger partial charge in [-0.05, 0) is 29.8 Å². The second-order valence-electron chi connectivity index (χ2n) is 6.05. The van der Waals surface area contributed by atoms with Gasteiger partial charge < -0.3 is 9.84 Å². The van der Waals surface area contributed by atoms with Gasteiger partial charge in [0.15, 0.2) is 5.17 Å². The molecule has 2 aromatic rings. The first-order valence-electron chi connectivity index (χ1n) is 8.39. The van der Waals surface area contributed by atoms with Crippen molar-refractivity contribution < 1.29 is 32.6 Å². The van der Waals surface area contributed by atoms with Crippen LogP contribution in [0.4, 0.5) is 18.9 Å². The summed E-state index contributed by atoms with van der Waals surface area (Å²) in [5.74, 6) is -1.93. The summed E-state index contributed by atoms with van der Waals surface area (Å²) in [5.41, 5.74) is 1.09. The van der Waals surface area contributed by atoms with Crippen molar-refractivity contribution in [1.29, 1.82) is 0 Å². The SMILES string of the molecule is O=C(O)C1CC(=O)N(Cc2ccccc2)C(=Nc2ccc(OC(F)(F)F)cc2)S1. The lowest BCUT2D eigenvalue weighted by Crippen LogP contribution is -2.43. The van der Waals surface area contributed by atoms with Gasteiger partial charge in [-0.3, -0.25) is 14.5 Å². The number of rotatable bonds is 5. The van der Waals surface area contributed by atoms with Gasteiger partial charge in [-0.2, -0.15) is 0 Å². The van der Waals surface area contributed by atoms with Gasteiger partial charge in [-0.25, -0.2) is 4.99 Å². The van der Waals surface area contributed by atoms with E-state index in [2.05, 4.69) is 9.73 Å². The Morgan fingerprint density at radius 2 is 1.83 bits per heavy atom. The summed E-state index contributed by atoms with van der Waals surface area (Å²) in [5, 5.41) is 8.47. The van der Waals surface area contributed by atoms with Crippen molar-refractivity contribution in [2.45, 2.75) is 24.6 Å². The van der Waals surface area contributed by atoms with Crippen molar-refractivity contribution in [3.63, 3.8) is 0 Å². The van der Waals surface area contributed by atoms with Crippen LogP contribution in [0.5, 0.6) is 5.75 Å². The largest absolute Gasteiger partial charge is 0.573 e. The Balaban J connectivity index is 1.87. The molecule has 1 atom stereocenters. The highest BCUT2D eigenvalue weighted by atomic mass is 32.2. The third-order valence-corrected chi connectivity index (χ3v) is 5.07. The van der Waals surface area contributed by atoms with E-state index >= 15 is 0 Å². The number of carbonyl (C=O) groups excluding carboxylic acids is 1. The molecule has 1 saturated heterocycles. The minimum absolute atomic E-state index is 0.169. The zero-order chi connectivity index (χ0) is 21.0. The number of benzene rings is 2.